The van der Waals surface area contributed by atoms with E-state index in [1.54, 1.807) is 0 Å². The molecule has 0 aromatic heterocycles. The summed E-state index contributed by atoms with van der Waals surface area (Å²) in [5, 5.41) is 3.56. The fourth-order valence-corrected chi connectivity index (χ4v) is 3.16. The second-order valence-electron chi connectivity index (χ2n) is 5.74. The van der Waals surface area contributed by atoms with E-state index in [2.05, 4.69) is 5.32 Å². The first-order valence-corrected chi connectivity index (χ1v) is 8.05. The van der Waals surface area contributed by atoms with E-state index in [1.807, 2.05) is 43.0 Å². The Morgan fingerprint density at radius 3 is 2.76 bits per heavy atom. The topological polar surface area (TPSA) is 58.4 Å². The minimum Gasteiger partial charge on any atom is -0.382 e. The molecule has 2 unspecified atom stereocenters. The van der Waals surface area contributed by atoms with Crippen LogP contribution in [-0.2, 0) is 0 Å². The molecule has 21 heavy (non-hydrogen) atoms. The van der Waals surface area contributed by atoms with Crippen molar-refractivity contribution in [1.29, 1.82) is 0 Å². The van der Waals surface area contributed by atoms with Crippen molar-refractivity contribution < 1.29 is 4.79 Å². The monoisotopic (exact) mass is 289 g/mol. The van der Waals surface area contributed by atoms with Gasteiger partial charge in [-0.25, -0.2) is 0 Å². The summed E-state index contributed by atoms with van der Waals surface area (Å²) in [7, 11) is 0. The van der Waals surface area contributed by atoms with Gasteiger partial charge in [-0.15, -0.1) is 0 Å². The van der Waals surface area contributed by atoms with Gasteiger partial charge in [-0.05, 0) is 57.4 Å². The second kappa shape index (κ2) is 7.46. The Balaban J connectivity index is 2.09. The van der Waals surface area contributed by atoms with Crippen LogP contribution < -0.4 is 11.1 Å². The molecule has 4 nitrogen and oxygen atoms in total. The minimum absolute atomic E-state index is 0.102. The van der Waals surface area contributed by atoms with E-state index < -0.39 is 0 Å². The fourth-order valence-electron chi connectivity index (χ4n) is 3.16. The first-order valence-electron chi connectivity index (χ1n) is 8.05. The van der Waals surface area contributed by atoms with Gasteiger partial charge in [0.2, 0.25) is 0 Å². The third-order valence-electron chi connectivity index (χ3n) is 4.47. The second-order valence-corrected chi connectivity index (χ2v) is 5.74. The van der Waals surface area contributed by atoms with Crippen LogP contribution in [0.2, 0.25) is 0 Å². The zero-order chi connectivity index (χ0) is 15.2. The number of carbonyl (C=O) groups is 1. The van der Waals surface area contributed by atoms with Crippen LogP contribution in [0.5, 0.6) is 0 Å². The molecular formula is C17H27N3O. The molecule has 3 N–H and O–H groups in total. The summed E-state index contributed by atoms with van der Waals surface area (Å²) < 4.78 is 0. The first-order chi connectivity index (χ1) is 10.2. The van der Waals surface area contributed by atoms with E-state index in [1.165, 1.54) is 12.8 Å². The highest BCUT2D eigenvalue weighted by molar-refractivity contribution is 5.95. The minimum atomic E-state index is 0.102. The molecule has 0 bridgehead atoms. The Labute approximate surface area is 127 Å². The molecule has 2 rings (SSSR count). The quantitative estimate of drug-likeness (QED) is 0.846. The lowest BCUT2D eigenvalue weighted by atomic mass is 10.0. The average Bonchev–Trinajstić information content (AvgIpc) is 2.96. The molecule has 1 aliphatic carbocycles. The third kappa shape index (κ3) is 3.76. The van der Waals surface area contributed by atoms with Crippen LogP contribution in [-0.4, -0.2) is 36.5 Å². The van der Waals surface area contributed by atoms with Gasteiger partial charge in [-0.3, -0.25) is 4.79 Å². The first kappa shape index (κ1) is 15.8. The number of carbonyl (C=O) groups excluding carboxylic acids is 1. The number of benzene rings is 1. The van der Waals surface area contributed by atoms with Crippen LogP contribution in [0.3, 0.4) is 0 Å². The summed E-state index contributed by atoms with van der Waals surface area (Å²) in [6.07, 6.45) is 3.60. The van der Waals surface area contributed by atoms with Gasteiger partial charge in [0.1, 0.15) is 0 Å². The molecule has 1 aromatic rings. The van der Waals surface area contributed by atoms with Gasteiger partial charge < -0.3 is 16.0 Å². The molecule has 0 aliphatic heterocycles. The van der Waals surface area contributed by atoms with Gasteiger partial charge >= 0.3 is 0 Å². The molecule has 0 radical (unpaired) electrons. The van der Waals surface area contributed by atoms with Crippen molar-refractivity contribution in [3.05, 3.63) is 29.8 Å². The number of hydrogen-bond donors (Lipinski definition) is 2. The Morgan fingerprint density at radius 2 is 2.10 bits per heavy atom. The average molecular weight is 289 g/mol. The number of anilines is 1. The zero-order valence-electron chi connectivity index (χ0n) is 13.1. The molecule has 1 fully saturated rings. The Bertz CT molecular complexity index is 471. The number of nitrogens with two attached hydrogens (primary N) is 1. The molecule has 1 saturated carbocycles. The number of nitrogens with one attached hydrogen (secondary N) is 1. The lowest BCUT2D eigenvalue weighted by molar-refractivity contribution is 0.0773. The highest BCUT2D eigenvalue weighted by Crippen LogP contribution is 2.28. The molecular weight excluding hydrogens is 262 g/mol. The standard InChI is InChI=1S/C17H27N3O/c1-3-20(4-2)17(21)13-7-5-9-15(11-13)19-16-10-6-8-14(16)12-18/h5,7,9,11,14,16,19H,3-4,6,8,10,12,18H2,1-2H3. The lowest BCUT2D eigenvalue weighted by Crippen LogP contribution is -2.31. The molecule has 4 heteroatoms. The molecule has 0 spiro atoms. The van der Waals surface area contributed by atoms with E-state index in [0.717, 1.165) is 37.3 Å². The van der Waals surface area contributed by atoms with Crippen LogP contribution in [0.1, 0.15) is 43.5 Å². The Kier molecular flexibility index (Phi) is 5.62. The van der Waals surface area contributed by atoms with Crippen molar-refractivity contribution in [2.75, 3.05) is 25.0 Å². The molecule has 1 amide bonds. The van der Waals surface area contributed by atoms with Crippen LogP contribution >= 0.6 is 0 Å². The predicted molar refractivity (Wildman–Crippen MR) is 87.5 cm³/mol. The molecule has 116 valence electrons. The van der Waals surface area contributed by atoms with E-state index in [-0.39, 0.29) is 5.91 Å². The van der Waals surface area contributed by atoms with Crippen LogP contribution in [0.15, 0.2) is 24.3 Å². The number of nitrogens with zero attached hydrogens (tertiary/aromatic N) is 1. The zero-order valence-corrected chi connectivity index (χ0v) is 13.1. The van der Waals surface area contributed by atoms with Crippen molar-refractivity contribution in [1.82, 2.24) is 4.90 Å². The highest BCUT2D eigenvalue weighted by Gasteiger charge is 2.25. The van der Waals surface area contributed by atoms with Gasteiger partial charge in [0, 0.05) is 30.4 Å². The largest absolute Gasteiger partial charge is 0.382 e. The van der Waals surface area contributed by atoms with E-state index in [4.69, 9.17) is 5.73 Å². The number of amides is 1. The molecule has 0 heterocycles. The van der Waals surface area contributed by atoms with Crippen LogP contribution in [0, 0.1) is 5.92 Å². The van der Waals surface area contributed by atoms with Gasteiger partial charge in [-0.2, -0.15) is 0 Å². The van der Waals surface area contributed by atoms with Crippen molar-refractivity contribution in [2.45, 2.75) is 39.2 Å². The number of rotatable bonds is 6. The maximum absolute atomic E-state index is 12.4. The molecule has 0 saturated heterocycles. The van der Waals surface area contributed by atoms with Crippen molar-refractivity contribution in [2.24, 2.45) is 11.7 Å². The van der Waals surface area contributed by atoms with Crippen molar-refractivity contribution >= 4 is 11.6 Å². The normalized spacial score (nSPS) is 21.3. The summed E-state index contributed by atoms with van der Waals surface area (Å²) in [5.41, 5.74) is 7.61. The van der Waals surface area contributed by atoms with E-state index in [0.29, 0.717) is 12.0 Å². The van der Waals surface area contributed by atoms with Crippen molar-refractivity contribution in [3.8, 4) is 0 Å². The summed E-state index contributed by atoms with van der Waals surface area (Å²) in [5.74, 6) is 0.651. The van der Waals surface area contributed by atoms with Gasteiger partial charge in [0.25, 0.3) is 5.91 Å². The summed E-state index contributed by atoms with van der Waals surface area (Å²) in [6.45, 7) is 6.23. The molecule has 1 aromatic carbocycles. The summed E-state index contributed by atoms with van der Waals surface area (Å²) >= 11 is 0. The number of hydrogen-bond acceptors (Lipinski definition) is 3. The maximum Gasteiger partial charge on any atom is 0.253 e. The summed E-state index contributed by atoms with van der Waals surface area (Å²) in [4.78, 5) is 14.2. The molecule has 2 atom stereocenters. The maximum atomic E-state index is 12.4. The van der Waals surface area contributed by atoms with E-state index >= 15 is 0 Å². The fraction of sp³-hybridized carbons (Fsp3) is 0.588. The van der Waals surface area contributed by atoms with Crippen molar-refractivity contribution in [3.63, 3.8) is 0 Å². The Morgan fingerprint density at radius 1 is 1.33 bits per heavy atom. The van der Waals surface area contributed by atoms with Gasteiger partial charge in [0.05, 0.1) is 0 Å². The third-order valence-corrected chi connectivity index (χ3v) is 4.47. The highest BCUT2D eigenvalue weighted by atomic mass is 16.2. The van der Waals surface area contributed by atoms with Crippen LogP contribution in [0.25, 0.3) is 0 Å². The Hall–Kier alpha value is -1.55. The van der Waals surface area contributed by atoms with Gasteiger partial charge in [-0.1, -0.05) is 12.5 Å². The summed E-state index contributed by atoms with van der Waals surface area (Å²) in [6, 6.07) is 8.28. The van der Waals surface area contributed by atoms with Gasteiger partial charge in [0.15, 0.2) is 0 Å². The smallest absolute Gasteiger partial charge is 0.253 e. The lowest BCUT2D eigenvalue weighted by Gasteiger charge is -2.22. The predicted octanol–water partition coefficient (Wildman–Crippen LogP) is 2.71. The van der Waals surface area contributed by atoms with Crippen LogP contribution in [0.4, 0.5) is 5.69 Å². The SMILES string of the molecule is CCN(CC)C(=O)c1cccc(NC2CCCC2CN)c1. The van der Waals surface area contributed by atoms with E-state index in [9.17, 15) is 4.79 Å². The molecule has 1 aliphatic rings.